The van der Waals surface area contributed by atoms with E-state index in [0.29, 0.717) is 0 Å². The van der Waals surface area contributed by atoms with Crippen molar-refractivity contribution >= 4 is 0 Å². The first-order valence-corrected chi connectivity index (χ1v) is 7.90. The second kappa shape index (κ2) is 5.71. The Labute approximate surface area is 106 Å². The van der Waals surface area contributed by atoms with Gasteiger partial charge in [0.25, 0.3) is 0 Å². The molecule has 3 fully saturated rings. The van der Waals surface area contributed by atoms with Gasteiger partial charge in [-0.3, -0.25) is 0 Å². The summed E-state index contributed by atoms with van der Waals surface area (Å²) in [6.45, 7) is 4.04. The summed E-state index contributed by atoms with van der Waals surface area (Å²) in [6, 6.07) is 1.68. The Balaban J connectivity index is 1.48. The molecule has 3 unspecified atom stereocenters. The molecule has 1 N–H and O–H groups in total. The molecule has 17 heavy (non-hydrogen) atoms. The maximum absolute atomic E-state index is 3.92. The highest BCUT2D eigenvalue weighted by Gasteiger charge is 2.35. The minimum Gasteiger partial charge on any atom is -0.310 e. The molecule has 0 bridgehead atoms. The fourth-order valence-electron chi connectivity index (χ4n) is 4.20. The van der Waals surface area contributed by atoms with E-state index in [9.17, 15) is 0 Å². The van der Waals surface area contributed by atoms with Crippen LogP contribution >= 0.6 is 0 Å². The molecule has 0 spiro atoms. The lowest BCUT2D eigenvalue weighted by molar-refractivity contribution is 0.255. The van der Waals surface area contributed by atoms with Gasteiger partial charge in [-0.05, 0) is 51.1 Å². The number of hydrogen-bond acceptors (Lipinski definition) is 2. The highest BCUT2D eigenvalue weighted by atomic mass is 15.2. The molecule has 2 saturated heterocycles. The summed E-state index contributed by atoms with van der Waals surface area (Å²) < 4.78 is 0. The van der Waals surface area contributed by atoms with Crippen molar-refractivity contribution in [3.63, 3.8) is 0 Å². The molecule has 2 nitrogen and oxygen atoms in total. The third kappa shape index (κ3) is 3.03. The Kier molecular flexibility index (Phi) is 4.02. The predicted molar refractivity (Wildman–Crippen MR) is 72.2 cm³/mol. The predicted octanol–water partition coefficient (Wildman–Crippen LogP) is 2.78. The third-order valence-corrected chi connectivity index (χ3v) is 5.12. The van der Waals surface area contributed by atoms with Gasteiger partial charge in [0.1, 0.15) is 0 Å². The zero-order valence-corrected chi connectivity index (χ0v) is 11.2. The van der Waals surface area contributed by atoms with Gasteiger partial charge in [-0.1, -0.05) is 25.7 Å². The van der Waals surface area contributed by atoms with Crippen LogP contribution in [-0.4, -0.2) is 36.6 Å². The number of rotatable bonds is 2. The quantitative estimate of drug-likeness (QED) is 0.793. The van der Waals surface area contributed by atoms with E-state index in [1.807, 2.05) is 0 Å². The van der Waals surface area contributed by atoms with Crippen LogP contribution < -0.4 is 5.32 Å². The number of fused-ring (bicyclic) bond motifs is 1. The second-order valence-corrected chi connectivity index (χ2v) is 6.47. The molecule has 1 aliphatic carbocycles. The van der Waals surface area contributed by atoms with Crippen molar-refractivity contribution in [2.75, 3.05) is 19.6 Å². The van der Waals surface area contributed by atoms with Crippen molar-refractivity contribution in [2.24, 2.45) is 5.92 Å². The molecule has 2 heterocycles. The summed E-state index contributed by atoms with van der Waals surface area (Å²) in [4.78, 5) is 2.72. The molecule has 0 amide bonds. The van der Waals surface area contributed by atoms with Crippen LogP contribution in [0.3, 0.4) is 0 Å². The molecule has 0 radical (unpaired) electrons. The average molecular weight is 236 g/mol. The van der Waals surface area contributed by atoms with Crippen LogP contribution in [0.4, 0.5) is 0 Å². The lowest BCUT2D eigenvalue weighted by Gasteiger charge is -2.25. The molecule has 1 saturated carbocycles. The second-order valence-electron chi connectivity index (χ2n) is 6.47. The van der Waals surface area contributed by atoms with Crippen molar-refractivity contribution in [2.45, 2.75) is 69.9 Å². The van der Waals surface area contributed by atoms with E-state index in [4.69, 9.17) is 0 Å². The van der Waals surface area contributed by atoms with Crippen molar-refractivity contribution in [3.8, 4) is 0 Å². The van der Waals surface area contributed by atoms with Crippen LogP contribution in [0.5, 0.6) is 0 Å². The number of nitrogens with zero attached hydrogens (tertiary/aromatic N) is 1. The zero-order valence-electron chi connectivity index (χ0n) is 11.2. The maximum atomic E-state index is 3.92. The summed E-state index contributed by atoms with van der Waals surface area (Å²) in [7, 11) is 0. The molecule has 98 valence electrons. The largest absolute Gasteiger partial charge is 0.310 e. The molecule has 0 aromatic heterocycles. The van der Waals surface area contributed by atoms with Gasteiger partial charge < -0.3 is 10.2 Å². The van der Waals surface area contributed by atoms with E-state index >= 15 is 0 Å². The molecular weight excluding hydrogens is 208 g/mol. The molecule has 3 rings (SSSR count). The standard InChI is InChI=1S/C15H28N2/c1-2-6-10-17(9-5-1)12-14-11-13-7-3-4-8-15(13)16-14/h13-16H,1-12H2. The van der Waals surface area contributed by atoms with Crippen molar-refractivity contribution < 1.29 is 0 Å². The van der Waals surface area contributed by atoms with Crippen LogP contribution in [0.25, 0.3) is 0 Å². The summed E-state index contributed by atoms with van der Waals surface area (Å²) in [6.07, 6.45) is 13.1. The molecule has 2 aliphatic heterocycles. The lowest BCUT2D eigenvalue weighted by Crippen LogP contribution is -2.40. The summed E-state index contributed by atoms with van der Waals surface area (Å²) >= 11 is 0. The Bertz CT molecular complexity index is 219. The summed E-state index contributed by atoms with van der Waals surface area (Å²) in [5.41, 5.74) is 0. The van der Waals surface area contributed by atoms with Crippen molar-refractivity contribution in [1.82, 2.24) is 10.2 Å². The minimum atomic E-state index is 0.807. The van der Waals surface area contributed by atoms with Gasteiger partial charge in [-0.2, -0.15) is 0 Å². The minimum absolute atomic E-state index is 0.807. The fourth-order valence-corrected chi connectivity index (χ4v) is 4.20. The fraction of sp³-hybridized carbons (Fsp3) is 1.00. The SMILES string of the molecule is C1CCCN(CC2CC3CCCCC3N2)CC1. The normalized spacial score (nSPS) is 39.9. The van der Waals surface area contributed by atoms with E-state index in [2.05, 4.69) is 10.2 Å². The first-order chi connectivity index (χ1) is 8.42. The van der Waals surface area contributed by atoms with Crippen molar-refractivity contribution in [3.05, 3.63) is 0 Å². The van der Waals surface area contributed by atoms with Gasteiger partial charge >= 0.3 is 0 Å². The smallest absolute Gasteiger partial charge is 0.0200 e. The number of nitrogens with one attached hydrogen (secondary N) is 1. The maximum Gasteiger partial charge on any atom is 0.0200 e. The van der Waals surface area contributed by atoms with Crippen LogP contribution in [-0.2, 0) is 0 Å². The summed E-state index contributed by atoms with van der Waals surface area (Å²) in [5.74, 6) is 1.01. The monoisotopic (exact) mass is 236 g/mol. The van der Waals surface area contributed by atoms with Crippen LogP contribution in [0.1, 0.15) is 57.8 Å². The van der Waals surface area contributed by atoms with E-state index in [-0.39, 0.29) is 0 Å². The zero-order chi connectivity index (χ0) is 11.5. The molecule has 3 atom stereocenters. The number of likely N-dealkylation sites (tertiary alicyclic amines) is 1. The molecule has 2 heteroatoms. The van der Waals surface area contributed by atoms with E-state index in [1.54, 1.807) is 0 Å². The van der Waals surface area contributed by atoms with Gasteiger partial charge in [-0.25, -0.2) is 0 Å². The lowest BCUT2D eigenvalue weighted by atomic mass is 9.85. The van der Waals surface area contributed by atoms with Gasteiger partial charge in [0, 0.05) is 18.6 Å². The van der Waals surface area contributed by atoms with E-state index in [0.717, 1.165) is 18.0 Å². The van der Waals surface area contributed by atoms with Gasteiger partial charge in [0.2, 0.25) is 0 Å². The first-order valence-electron chi connectivity index (χ1n) is 7.90. The molecule has 0 aromatic rings. The number of hydrogen-bond donors (Lipinski definition) is 1. The highest BCUT2D eigenvalue weighted by molar-refractivity contribution is 4.94. The van der Waals surface area contributed by atoms with E-state index < -0.39 is 0 Å². The van der Waals surface area contributed by atoms with Gasteiger partial charge in [-0.15, -0.1) is 0 Å². The Hall–Kier alpha value is -0.0800. The van der Waals surface area contributed by atoms with E-state index in [1.165, 1.54) is 77.4 Å². The van der Waals surface area contributed by atoms with Crippen molar-refractivity contribution in [1.29, 1.82) is 0 Å². The highest BCUT2D eigenvalue weighted by Crippen LogP contribution is 2.33. The Morgan fingerprint density at radius 3 is 2.41 bits per heavy atom. The molecular formula is C15H28N2. The first kappa shape index (κ1) is 12.0. The van der Waals surface area contributed by atoms with Crippen LogP contribution in [0, 0.1) is 5.92 Å². The van der Waals surface area contributed by atoms with Crippen LogP contribution in [0.2, 0.25) is 0 Å². The van der Waals surface area contributed by atoms with Gasteiger partial charge in [0.05, 0.1) is 0 Å². The van der Waals surface area contributed by atoms with Crippen LogP contribution in [0.15, 0.2) is 0 Å². The van der Waals surface area contributed by atoms with Gasteiger partial charge in [0.15, 0.2) is 0 Å². The molecule has 3 aliphatic rings. The summed E-state index contributed by atoms with van der Waals surface area (Å²) in [5, 5.41) is 3.92. The molecule has 0 aromatic carbocycles. The Morgan fingerprint density at radius 2 is 1.65 bits per heavy atom. The topological polar surface area (TPSA) is 15.3 Å². The Morgan fingerprint density at radius 1 is 0.882 bits per heavy atom. The third-order valence-electron chi connectivity index (χ3n) is 5.12. The average Bonchev–Trinajstić information content (AvgIpc) is 2.57.